The molecule has 2 aromatic heterocycles. The Kier molecular flexibility index (Phi) is 5.35. The van der Waals surface area contributed by atoms with Crippen LogP contribution in [0, 0.1) is 17.7 Å². The fourth-order valence-electron chi connectivity index (χ4n) is 6.49. The van der Waals surface area contributed by atoms with Crippen molar-refractivity contribution in [1.29, 1.82) is 0 Å². The van der Waals surface area contributed by atoms with Gasteiger partial charge < -0.3 is 9.47 Å². The summed E-state index contributed by atoms with van der Waals surface area (Å²) < 4.78 is 28.2. The molecule has 2 aliphatic carbocycles. The van der Waals surface area contributed by atoms with Gasteiger partial charge in [-0.2, -0.15) is 0 Å². The summed E-state index contributed by atoms with van der Waals surface area (Å²) >= 11 is 3.61. The summed E-state index contributed by atoms with van der Waals surface area (Å²) in [5, 5.41) is 0. The topological polar surface area (TPSA) is 57.1 Å². The summed E-state index contributed by atoms with van der Waals surface area (Å²) in [7, 11) is 0. The molecule has 0 bridgehead atoms. The van der Waals surface area contributed by atoms with Gasteiger partial charge in [0.1, 0.15) is 5.82 Å². The summed E-state index contributed by atoms with van der Waals surface area (Å²) in [4.78, 5) is 14.3. The summed E-state index contributed by atoms with van der Waals surface area (Å²) in [6.45, 7) is 5.89. The SMILES string of the molecule is C[C@@H]1[C@H]2CCc3c(-c4ccccc4F)nc(-c4ccncc4Br)nc3[C@]2(C)CCC12OCCO2. The van der Waals surface area contributed by atoms with Gasteiger partial charge in [0, 0.05) is 51.3 Å². The second-order valence-electron chi connectivity index (χ2n) is 9.92. The Balaban J connectivity index is 1.56. The number of hydrogen-bond acceptors (Lipinski definition) is 5. The Morgan fingerprint density at radius 3 is 2.62 bits per heavy atom. The summed E-state index contributed by atoms with van der Waals surface area (Å²) in [6, 6.07) is 8.80. The van der Waals surface area contributed by atoms with Crippen LogP contribution in [-0.4, -0.2) is 34.0 Å². The summed E-state index contributed by atoms with van der Waals surface area (Å²) in [5.41, 5.74) is 4.00. The minimum absolute atomic E-state index is 0.176. The molecule has 0 N–H and O–H groups in total. The van der Waals surface area contributed by atoms with E-state index < -0.39 is 5.79 Å². The van der Waals surface area contributed by atoms with Gasteiger partial charge in [-0.25, -0.2) is 14.4 Å². The van der Waals surface area contributed by atoms with E-state index in [4.69, 9.17) is 19.4 Å². The molecule has 1 saturated carbocycles. The monoisotopic (exact) mass is 523 g/mol. The zero-order valence-electron chi connectivity index (χ0n) is 19.4. The highest BCUT2D eigenvalue weighted by atomic mass is 79.9. The highest BCUT2D eigenvalue weighted by Crippen LogP contribution is 2.57. The van der Waals surface area contributed by atoms with Crippen molar-refractivity contribution in [2.45, 2.75) is 50.7 Å². The number of rotatable bonds is 2. The fraction of sp³-hybridized carbons (Fsp3) is 0.444. The van der Waals surface area contributed by atoms with Gasteiger partial charge in [-0.1, -0.05) is 26.0 Å². The number of ether oxygens (including phenoxy) is 2. The number of aromatic nitrogens is 3. The molecule has 3 heterocycles. The van der Waals surface area contributed by atoms with Crippen molar-refractivity contribution in [3.8, 4) is 22.6 Å². The Morgan fingerprint density at radius 2 is 1.85 bits per heavy atom. The molecular formula is C27H27BrFN3O2. The molecule has 3 aromatic rings. The molecule has 5 nitrogen and oxygen atoms in total. The van der Waals surface area contributed by atoms with Crippen LogP contribution in [0.15, 0.2) is 47.2 Å². The van der Waals surface area contributed by atoms with E-state index in [2.05, 4.69) is 34.8 Å². The van der Waals surface area contributed by atoms with E-state index in [0.29, 0.717) is 36.2 Å². The average Bonchev–Trinajstić information content (AvgIpc) is 3.32. The normalized spacial score (nSPS) is 27.4. The molecule has 6 rings (SSSR count). The lowest BCUT2D eigenvalue weighted by molar-refractivity contribution is -0.234. The molecule has 1 aliphatic heterocycles. The average molecular weight is 524 g/mol. The molecule has 3 atom stereocenters. The molecule has 1 saturated heterocycles. The first-order valence-electron chi connectivity index (χ1n) is 12.0. The standard InChI is InChI=1S/C27H27BrFN3O2/c1-16-20-8-7-19-23(18-5-3-4-6-22(18)29)31-25(17-9-12-30-15-21(17)28)32-24(19)26(20,2)10-11-27(16)33-13-14-34-27/h3-6,9,12,15-16,20H,7-8,10-11,13-14H2,1-2H3/t16-,20-,26-/m1/s1. The van der Waals surface area contributed by atoms with Crippen LogP contribution >= 0.6 is 15.9 Å². The molecule has 7 heteroatoms. The molecule has 1 spiro atoms. The molecule has 3 aliphatic rings. The first-order chi connectivity index (χ1) is 16.4. The van der Waals surface area contributed by atoms with Crippen molar-refractivity contribution in [3.63, 3.8) is 0 Å². The lowest BCUT2D eigenvalue weighted by Crippen LogP contribution is -2.55. The summed E-state index contributed by atoms with van der Waals surface area (Å²) in [5.74, 6) is 0.433. The predicted molar refractivity (Wildman–Crippen MR) is 131 cm³/mol. The van der Waals surface area contributed by atoms with Crippen LogP contribution in [0.3, 0.4) is 0 Å². The van der Waals surface area contributed by atoms with Crippen molar-refractivity contribution in [3.05, 3.63) is 64.3 Å². The maximum Gasteiger partial charge on any atom is 0.171 e. The van der Waals surface area contributed by atoms with Crippen LogP contribution in [0.2, 0.25) is 0 Å². The van der Waals surface area contributed by atoms with Crippen LogP contribution < -0.4 is 0 Å². The van der Waals surface area contributed by atoms with Crippen LogP contribution in [0.1, 0.15) is 44.4 Å². The van der Waals surface area contributed by atoms with Crippen molar-refractivity contribution in [1.82, 2.24) is 15.0 Å². The largest absolute Gasteiger partial charge is 0.347 e. The van der Waals surface area contributed by atoms with Crippen molar-refractivity contribution < 1.29 is 13.9 Å². The Hall–Kier alpha value is -2.22. The minimum atomic E-state index is -0.486. The van der Waals surface area contributed by atoms with Crippen LogP contribution in [0.25, 0.3) is 22.6 Å². The lowest BCUT2D eigenvalue weighted by Gasteiger charge is -2.54. The molecule has 2 fully saturated rings. The Morgan fingerprint density at radius 1 is 1.06 bits per heavy atom. The second-order valence-corrected chi connectivity index (χ2v) is 10.8. The summed E-state index contributed by atoms with van der Waals surface area (Å²) in [6.07, 6.45) is 6.98. The third-order valence-electron chi connectivity index (χ3n) is 8.28. The Bertz CT molecular complexity index is 1260. The zero-order valence-corrected chi connectivity index (χ0v) is 20.9. The van der Waals surface area contributed by atoms with Crippen LogP contribution in [-0.2, 0) is 21.3 Å². The quantitative estimate of drug-likeness (QED) is 0.406. The van der Waals surface area contributed by atoms with Crippen LogP contribution in [0.4, 0.5) is 4.39 Å². The molecular weight excluding hydrogens is 497 g/mol. The van der Waals surface area contributed by atoms with E-state index in [1.165, 1.54) is 6.07 Å². The van der Waals surface area contributed by atoms with Crippen LogP contribution in [0.5, 0.6) is 0 Å². The number of fused-ring (bicyclic) bond motifs is 3. The Labute approximate surface area is 207 Å². The second kappa shape index (κ2) is 8.18. The van der Waals surface area contributed by atoms with Gasteiger partial charge in [-0.3, -0.25) is 4.98 Å². The number of pyridine rings is 1. The first-order valence-corrected chi connectivity index (χ1v) is 12.8. The third kappa shape index (κ3) is 3.28. The molecule has 0 amide bonds. The third-order valence-corrected chi connectivity index (χ3v) is 8.91. The fourth-order valence-corrected chi connectivity index (χ4v) is 6.92. The van der Waals surface area contributed by atoms with Crippen molar-refractivity contribution in [2.75, 3.05) is 13.2 Å². The van der Waals surface area contributed by atoms with Gasteiger partial charge in [0.05, 0.1) is 24.6 Å². The number of halogens is 2. The van der Waals surface area contributed by atoms with Gasteiger partial charge in [-0.05, 0) is 59.3 Å². The maximum absolute atomic E-state index is 15.0. The van der Waals surface area contributed by atoms with Crippen molar-refractivity contribution >= 4 is 15.9 Å². The van der Waals surface area contributed by atoms with E-state index in [1.54, 1.807) is 18.5 Å². The molecule has 1 aromatic carbocycles. The smallest absolute Gasteiger partial charge is 0.171 e. The highest BCUT2D eigenvalue weighted by Gasteiger charge is 2.57. The molecule has 0 radical (unpaired) electrons. The number of hydrogen-bond donors (Lipinski definition) is 0. The first kappa shape index (κ1) is 22.3. The lowest BCUT2D eigenvalue weighted by atomic mass is 9.54. The predicted octanol–water partition coefficient (Wildman–Crippen LogP) is 6.10. The van der Waals surface area contributed by atoms with Gasteiger partial charge in [0.25, 0.3) is 0 Å². The number of nitrogens with zero attached hydrogens (tertiary/aromatic N) is 3. The zero-order chi connectivity index (χ0) is 23.5. The molecule has 176 valence electrons. The van der Waals surface area contributed by atoms with Gasteiger partial charge in [0.2, 0.25) is 0 Å². The maximum atomic E-state index is 15.0. The van der Waals surface area contributed by atoms with Crippen molar-refractivity contribution in [2.24, 2.45) is 11.8 Å². The van der Waals surface area contributed by atoms with Gasteiger partial charge in [0.15, 0.2) is 11.6 Å². The molecule has 34 heavy (non-hydrogen) atoms. The molecule has 0 unspecified atom stereocenters. The van der Waals surface area contributed by atoms with E-state index in [0.717, 1.165) is 47.0 Å². The van der Waals surface area contributed by atoms with E-state index in [9.17, 15) is 0 Å². The van der Waals surface area contributed by atoms with Gasteiger partial charge >= 0.3 is 0 Å². The highest BCUT2D eigenvalue weighted by molar-refractivity contribution is 9.10. The van der Waals surface area contributed by atoms with E-state index in [1.807, 2.05) is 18.2 Å². The van der Waals surface area contributed by atoms with E-state index in [-0.39, 0.29) is 17.2 Å². The van der Waals surface area contributed by atoms with Gasteiger partial charge in [-0.15, -0.1) is 0 Å². The number of benzene rings is 1. The van der Waals surface area contributed by atoms with E-state index >= 15 is 4.39 Å². The minimum Gasteiger partial charge on any atom is -0.347 e.